The molecule has 0 radical (unpaired) electrons. The number of amides is 2. The van der Waals surface area contributed by atoms with E-state index in [1.165, 1.54) is 11.8 Å². The number of nitrogens with zero attached hydrogens (tertiary/aromatic N) is 3. The van der Waals surface area contributed by atoms with E-state index in [-0.39, 0.29) is 42.2 Å². The van der Waals surface area contributed by atoms with Gasteiger partial charge in [0.1, 0.15) is 18.1 Å². The number of nitrogens with one attached hydrogen (secondary N) is 1. The minimum absolute atomic E-state index is 0.0128. The van der Waals surface area contributed by atoms with Gasteiger partial charge in [-0.2, -0.15) is 5.10 Å². The largest absolute Gasteiger partial charge is 0.497 e. The summed E-state index contributed by atoms with van der Waals surface area (Å²) >= 11 is 1.51. The molecule has 1 N–H and O–H groups in total. The van der Waals surface area contributed by atoms with Crippen LogP contribution < -0.4 is 24.4 Å². The van der Waals surface area contributed by atoms with Crippen molar-refractivity contribution < 1.29 is 23.8 Å². The summed E-state index contributed by atoms with van der Waals surface area (Å²) in [6.45, 7) is 4.01. The third-order valence-corrected chi connectivity index (χ3v) is 8.73. The first-order valence-electron chi connectivity index (χ1n) is 13.9. The topological polar surface area (TPSA) is 94.9 Å². The highest BCUT2D eigenvalue weighted by atomic mass is 32.2. The standard InChI is InChI=1S/C32H32N4O5S/c1-4-20(2)33-27(37)17-35-28(38)18-42-31(22-10-15-25-26(16-22)41-19-40-25)29-30(21-8-6-5-7-9-21)34-36(32(29)35)23-11-13-24(39-3)14-12-23/h5-16,20,31H,4,17-19H2,1-3H3,(H,33,37)/t20-,31-/m0/s1. The fraction of sp³-hybridized carbons (Fsp3) is 0.281. The molecule has 0 unspecified atom stereocenters. The van der Waals surface area contributed by atoms with Gasteiger partial charge in [0.05, 0.1) is 29.5 Å². The highest BCUT2D eigenvalue weighted by Crippen LogP contribution is 2.50. The molecule has 9 nitrogen and oxygen atoms in total. The Bertz CT molecular complexity index is 1610. The predicted octanol–water partition coefficient (Wildman–Crippen LogP) is 5.36. The second-order valence-electron chi connectivity index (χ2n) is 10.2. The second kappa shape index (κ2) is 11.8. The molecule has 0 saturated heterocycles. The Labute approximate surface area is 248 Å². The van der Waals surface area contributed by atoms with Crippen molar-refractivity contribution >= 4 is 29.4 Å². The summed E-state index contributed by atoms with van der Waals surface area (Å²) in [4.78, 5) is 28.7. The van der Waals surface area contributed by atoms with Crippen LogP contribution in [0.3, 0.4) is 0 Å². The summed E-state index contributed by atoms with van der Waals surface area (Å²) in [6, 6.07) is 23.3. The minimum Gasteiger partial charge on any atom is -0.497 e. The third-order valence-electron chi connectivity index (χ3n) is 7.47. The van der Waals surface area contributed by atoms with Crippen molar-refractivity contribution in [2.45, 2.75) is 31.6 Å². The molecule has 0 saturated carbocycles. The average Bonchev–Trinajstić information content (AvgIpc) is 3.62. The lowest BCUT2D eigenvalue weighted by molar-refractivity contribution is -0.123. The van der Waals surface area contributed by atoms with Gasteiger partial charge < -0.3 is 19.5 Å². The first-order chi connectivity index (χ1) is 20.5. The van der Waals surface area contributed by atoms with Crippen LogP contribution in [0.25, 0.3) is 16.9 Å². The number of methoxy groups -OCH3 is 1. The van der Waals surface area contributed by atoms with Crippen LogP contribution in [-0.4, -0.2) is 53.8 Å². The van der Waals surface area contributed by atoms with Crippen LogP contribution in [0, 0.1) is 0 Å². The predicted molar refractivity (Wildman–Crippen MR) is 163 cm³/mol. The van der Waals surface area contributed by atoms with Gasteiger partial charge in [0.15, 0.2) is 11.5 Å². The number of carbonyl (C=O) groups is 2. The number of hydrogen-bond donors (Lipinski definition) is 1. The molecule has 3 aromatic carbocycles. The van der Waals surface area contributed by atoms with Gasteiger partial charge in [-0.05, 0) is 55.3 Å². The van der Waals surface area contributed by atoms with Crippen molar-refractivity contribution in [1.82, 2.24) is 15.1 Å². The van der Waals surface area contributed by atoms with Crippen molar-refractivity contribution in [3.8, 4) is 34.2 Å². The Kier molecular flexibility index (Phi) is 7.80. The third kappa shape index (κ3) is 5.30. The molecule has 4 aromatic rings. The summed E-state index contributed by atoms with van der Waals surface area (Å²) in [5, 5.41) is 7.87. The van der Waals surface area contributed by atoms with Crippen LogP contribution in [0.15, 0.2) is 72.8 Å². The fourth-order valence-corrected chi connectivity index (χ4v) is 6.33. The average molecular weight is 585 g/mol. The van der Waals surface area contributed by atoms with Gasteiger partial charge in [0.25, 0.3) is 0 Å². The molecule has 42 heavy (non-hydrogen) atoms. The van der Waals surface area contributed by atoms with E-state index in [4.69, 9.17) is 19.3 Å². The maximum atomic E-state index is 13.9. The van der Waals surface area contributed by atoms with Crippen LogP contribution in [0.5, 0.6) is 17.2 Å². The van der Waals surface area contributed by atoms with E-state index < -0.39 is 0 Å². The molecule has 2 aliphatic heterocycles. The van der Waals surface area contributed by atoms with E-state index in [0.29, 0.717) is 23.1 Å². The number of rotatable bonds is 8. The second-order valence-corrected chi connectivity index (χ2v) is 11.3. The molecule has 0 aliphatic carbocycles. The maximum Gasteiger partial charge on any atom is 0.240 e. The molecule has 0 bridgehead atoms. The lowest BCUT2D eigenvalue weighted by atomic mass is 9.99. The Hall–Kier alpha value is -4.44. The van der Waals surface area contributed by atoms with Gasteiger partial charge >= 0.3 is 0 Å². The van der Waals surface area contributed by atoms with Crippen molar-refractivity contribution in [2.75, 3.05) is 31.1 Å². The van der Waals surface area contributed by atoms with Crippen LogP contribution in [-0.2, 0) is 9.59 Å². The van der Waals surface area contributed by atoms with E-state index in [0.717, 1.165) is 34.5 Å². The molecular formula is C32H32N4O5S. The first-order valence-corrected chi connectivity index (χ1v) is 14.9. The molecule has 2 aliphatic rings. The summed E-state index contributed by atoms with van der Waals surface area (Å²) < 4.78 is 18.4. The Morgan fingerprint density at radius 3 is 2.60 bits per heavy atom. The van der Waals surface area contributed by atoms with Crippen molar-refractivity contribution in [1.29, 1.82) is 0 Å². The van der Waals surface area contributed by atoms with Crippen LogP contribution >= 0.6 is 11.8 Å². The van der Waals surface area contributed by atoms with E-state index in [2.05, 4.69) is 5.32 Å². The molecular weight excluding hydrogens is 552 g/mol. The van der Waals surface area contributed by atoms with E-state index in [1.807, 2.05) is 86.6 Å². The molecule has 3 heterocycles. The zero-order chi connectivity index (χ0) is 29.2. The number of anilines is 1. The number of thioether (sulfide) groups is 1. The van der Waals surface area contributed by atoms with Crippen molar-refractivity contribution in [2.24, 2.45) is 0 Å². The number of benzene rings is 3. The lowest BCUT2D eigenvalue weighted by Crippen LogP contribution is -2.44. The van der Waals surface area contributed by atoms with E-state index in [9.17, 15) is 9.59 Å². The molecule has 216 valence electrons. The normalized spacial score (nSPS) is 16.5. The van der Waals surface area contributed by atoms with Crippen LogP contribution in [0.1, 0.15) is 36.6 Å². The number of carbonyl (C=O) groups excluding carboxylic acids is 2. The number of aromatic nitrogens is 2. The molecule has 10 heteroatoms. The van der Waals surface area contributed by atoms with Gasteiger partial charge in [0.2, 0.25) is 18.6 Å². The van der Waals surface area contributed by atoms with Gasteiger partial charge in [-0.3, -0.25) is 14.5 Å². The highest BCUT2D eigenvalue weighted by Gasteiger charge is 2.38. The molecule has 2 atom stereocenters. The lowest BCUT2D eigenvalue weighted by Gasteiger charge is -2.24. The Balaban J connectivity index is 1.58. The zero-order valence-corrected chi connectivity index (χ0v) is 24.5. The van der Waals surface area contributed by atoms with Gasteiger partial charge in [-0.1, -0.05) is 43.3 Å². The Morgan fingerprint density at radius 1 is 1.10 bits per heavy atom. The smallest absolute Gasteiger partial charge is 0.240 e. The summed E-state index contributed by atoms with van der Waals surface area (Å²) in [5.41, 5.74) is 4.19. The van der Waals surface area contributed by atoms with E-state index in [1.54, 1.807) is 16.7 Å². The fourth-order valence-electron chi connectivity index (χ4n) is 5.14. The highest BCUT2D eigenvalue weighted by molar-refractivity contribution is 8.00. The van der Waals surface area contributed by atoms with Gasteiger partial charge in [0, 0.05) is 17.2 Å². The van der Waals surface area contributed by atoms with Gasteiger partial charge in [-0.25, -0.2) is 4.68 Å². The number of hydrogen-bond acceptors (Lipinski definition) is 7. The van der Waals surface area contributed by atoms with Gasteiger partial charge in [-0.15, -0.1) is 11.8 Å². The van der Waals surface area contributed by atoms with E-state index >= 15 is 0 Å². The Morgan fingerprint density at radius 2 is 1.86 bits per heavy atom. The quantitative estimate of drug-likeness (QED) is 0.298. The number of ether oxygens (including phenoxy) is 3. The minimum atomic E-state index is -0.275. The first kappa shape index (κ1) is 27.7. The van der Waals surface area contributed by atoms with Crippen LogP contribution in [0.2, 0.25) is 0 Å². The van der Waals surface area contributed by atoms with Crippen molar-refractivity contribution in [3.05, 3.63) is 83.9 Å². The summed E-state index contributed by atoms with van der Waals surface area (Å²) in [7, 11) is 1.62. The molecule has 6 rings (SSSR count). The SMILES string of the molecule is CC[C@H](C)NC(=O)CN1C(=O)CS[C@@H](c2ccc3c(c2)OCO3)c2c(-c3ccccc3)nn(-c3ccc(OC)cc3)c21. The molecule has 2 amide bonds. The van der Waals surface area contributed by atoms with Crippen LogP contribution in [0.4, 0.5) is 5.82 Å². The van der Waals surface area contributed by atoms with Crippen molar-refractivity contribution in [3.63, 3.8) is 0 Å². The molecule has 0 spiro atoms. The maximum absolute atomic E-state index is 13.9. The number of fused-ring (bicyclic) bond motifs is 2. The summed E-state index contributed by atoms with van der Waals surface area (Å²) in [5.74, 6) is 2.41. The molecule has 0 fully saturated rings. The molecule has 1 aromatic heterocycles. The summed E-state index contributed by atoms with van der Waals surface area (Å²) in [6.07, 6.45) is 0.787. The monoisotopic (exact) mass is 584 g/mol. The zero-order valence-electron chi connectivity index (χ0n) is 23.7.